The van der Waals surface area contributed by atoms with Crippen LogP contribution in [-0.2, 0) is 23.8 Å². The maximum absolute atomic E-state index is 13.0. The number of carbonyl (C=O) groups excluding carboxylic acids is 2. The normalized spacial score (nSPS) is 20.1. The first-order chi connectivity index (χ1) is 30.7. The minimum atomic E-state index is -1.57. The van der Waals surface area contributed by atoms with Gasteiger partial charge in [0.05, 0.1) is 32.0 Å². The average Bonchev–Trinajstić information content (AvgIpc) is 3.28. The molecule has 0 aromatic rings. The summed E-state index contributed by atoms with van der Waals surface area (Å²) in [6.07, 6.45) is 38.3. The number of ether oxygens (including phenoxy) is 3. The molecule has 0 saturated carbocycles. The molecule has 1 amide bonds. The van der Waals surface area contributed by atoms with E-state index in [2.05, 4.69) is 31.3 Å². The average molecular weight is 896 g/mol. The third-order valence-electron chi connectivity index (χ3n) is 12.3. The van der Waals surface area contributed by atoms with Gasteiger partial charge in [-0.25, -0.2) is 0 Å². The predicted molar refractivity (Wildman–Crippen MR) is 255 cm³/mol. The number of amides is 1. The molecule has 7 unspecified atom stereocenters. The summed E-state index contributed by atoms with van der Waals surface area (Å²) in [6.45, 7) is 4.24. The molecule has 1 fully saturated rings. The fourth-order valence-electron chi connectivity index (χ4n) is 8.07. The van der Waals surface area contributed by atoms with E-state index < -0.39 is 49.5 Å². The molecule has 0 radical (unpaired) electrons. The van der Waals surface area contributed by atoms with Crippen molar-refractivity contribution < 1.29 is 49.3 Å². The van der Waals surface area contributed by atoms with Gasteiger partial charge in [-0.1, -0.05) is 186 Å². The zero-order valence-electron chi connectivity index (χ0n) is 40.3. The number of esters is 1. The van der Waals surface area contributed by atoms with E-state index in [9.17, 15) is 35.1 Å². The van der Waals surface area contributed by atoms with Gasteiger partial charge in [-0.3, -0.25) is 9.59 Å². The molecule has 370 valence electrons. The molecule has 11 nitrogen and oxygen atoms in total. The van der Waals surface area contributed by atoms with Gasteiger partial charge < -0.3 is 45.1 Å². The molecule has 0 bridgehead atoms. The van der Waals surface area contributed by atoms with Crippen LogP contribution in [-0.4, -0.2) is 100 Å². The lowest BCUT2D eigenvalue weighted by atomic mass is 9.99. The van der Waals surface area contributed by atoms with E-state index in [1.165, 1.54) is 135 Å². The molecule has 1 heterocycles. The number of rotatable bonds is 44. The first-order valence-corrected chi connectivity index (χ1v) is 26.1. The van der Waals surface area contributed by atoms with Crippen molar-refractivity contribution in [2.75, 3.05) is 19.8 Å². The molecular weight excluding hydrogens is 799 g/mol. The van der Waals surface area contributed by atoms with Crippen LogP contribution < -0.4 is 5.32 Å². The van der Waals surface area contributed by atoms with Crippen LogP contribution in [0.5, 0.6) is 0 Å². The summed E-state index contributed by atoms with van der Waals surface area (Å²) in [7, 11) is 0. The van der Waals surface area contributed by atoms with E-state index in [4.69, 9.17) is 14.2 Å². The summed E-state index contributed by atoms with van der Waals surface area (Å²) >= 11 is 0. The van der Waals surface area contributed by atoms with Gasteiger partial charge in [0.25, 0.3) is 0 Å². The number of hydrogen-bond acceptors (Lipinski definition) is 10. The van der Waals surface area contributed by atoms with Crippen LogP contribution in [0.25, 0.3) is 0 Å². The Morgan fingerprint density at radius 1 is 0.571 bits per heavy atom. The van der Waals surface area contributed by atoms with Crippen LogP contribution in [0.2, 0.25) is 0 Å². The highest BCUT2D eigenvalue weighted by atomic mass is 16.7. The van der Waals surface area contributed by atoms with Crippen molar-refractivity contribution in [1.29, 1.82) is 0 Å². The molecule has 1 aliphatic heterocycles. The fraction of sp³-hybridized carbons (Fsp3) is 0.885. The molecule has 1 rings (SSSR count). The summed E-state index contributed by atoms with van der Waals surface area (Å²) < 4.78 is 16.6. The SMILES string of the molecule is CCCCC/C=C\CCCCCCCC(=O)OCCCCCCCCCCCCCCCCC(=O)NC(COC1OC(CO)C(O)C(O)C1O)C(O)/C=C/CCCCCCCCC. The fourth-order valence-corrected chi connectivity index (χ4v) is 8.07. The van der Waals surface area contributed by atoms with Gasteiger partial charge in [0.1, 0.15) is 24.4 Å². The number of unbranched alkanes of at least 4 members (excludes halogenated alkanes) is 28. The van der Waals surface area contributed by atoms with Crippen LogP contribution in [0.1, 0.15) is 232 Å². The third kappa shape index (κ3) is 33.3. The van der Waals surface area contributed by atoms with Crippen molar-refractivity contribution in [1.82, 2.24) is 5.32 Å². The van der Waals surface area contributed by atoms with Crippen LogP contribution in [0, 0.1) is 0 Å². The van der Waals surface area contributed by atoms with Crippen LogP contribution in [0.15, 0.2) is 24.3 Å². The van der Waals surface area contributed by atoms with Gasteiger partial charge >= 0.3 is 5.97 Å². The van der Waals surface area contributed by atoms with E-state index in [0.717, 1.165) is 70.6 Å². The minimum absolute atomic E-state index is 0.0335. The Labute approximate surface area is 384 Å². The van der Waals surface area contributed by atoms with E-state index in [1.54, 1.807) is 6.08 Å². The third-order valence-corrected chi connectivity index (χ3v) is 12.3. The Kier molecular flexibility index (Phi) is 40.1. The largest absolute Gasteiger partial charge is 0.466 e. The number of hydrogen-bond donors (Lipinski definition) is 6. The summed E-state index contributed by atoms with van der Waals surface area (Å²) in [6, 6.07) is -0.816. The van der Waals surface area contributed by atoms with Crippen molar-refractivity contribution in [3.8, 4) is 0 Å². The highest BCUT2D eigenvalue weighted by Gasteiger charge is 2.44. The smallest absolute Gasteiger partial charge is 0.305 e. The van der Waals surface area contributed by atoms with E-state index in [1.807, 2.05) is 6.08 Å². The van der Waals surface area contributed by atoms with Gasteiger partial charge in [-0.15, -0.1) is 0 Å². The molecule has 63 heavy (non-hydrogen) atoms. The molecule has 6 N–H and O–H groups in total. The standard InChI is InChI=1S/C52H97NO10/c1-3-5-7-9-11-13-14-20-24-28-32-36-40-48(57)61-41-37-33-29-25-21-18-16-15-17-19-23-27-31-35-39-47(56)53-44(45(55)38-34-30-26-22-12-10-8-6-4-2)43-62-52-51(60)50(59)49(58)46(42-54)63-52/h11,13,34,38,44-46,49-52,54-55,58-60H,3-10,12,14-33,35-37,39-43H2,1-2H3,(H,53,56)/b13-11-,38-34+. The van der Waals surface area contributed by atoms with Crippen molar-refractivity contribution >= 4 is 11.9 Å². The molecule has 0 aromatic carbocycles. The van der Waals surface area contributed by atoms with Crippen LogP contribution in [0.3, 0.4) is 0 Å². The van der Waals surface area contributed by atoms with Crippen molar-refractivity contribution in [2.45, 2.75) is 275 Å². The lowest BCUT2D eigenvalue weighted by molar-refractivity contribution is -0.302. The molecule has 0 aliphatic carbocycles. The zero-order chi connectivity index (χ0) is 46.0. The Bertz CT molecular complexity index is 1100. The Balaban J connectivity index is 2.12. The van der Waals surface area contributed by atoms with Crippen LogP contribution >= 0.6 is 0 Å². The van der Waals surface area contributed by atoms with Gasteiger partial charge in [-0.2, -0.15) is 0 Å². The quantitative estimate of drug-likeness (QED) is 0.0196. The summed E-state index contributed by atoms with van der Waals surface area (Å²) in [5, 5.41) is 54.1. The van der Waals surface area contributed by atoms with Crippen molar-refractivity contribution in [3.63, 3.8) is 0 Å². The molecule has 1 saturated heterocycles. The molecule has 7 atom stereocenters. The van der Waals surface area contributed by atoms with Gasteiger partial charge in [-0.05, 0) is 57.8 Å². The number of aliphatic hydroxyl groups excluding tert-OH is 5. The number of carbonyl (C=O) groups is 2. The molecule has 11 heteroatoms. The number of aliphatic hydroxyl groups is 5. The first kappa shape index (κ1) is 59.2. The molecule has 0 spiro atoms. The second-order valence-corrected chi connectivity index (χ2v) is 18.2. The molecule has 0 aromatic heterocycles. The molecule has 1 aliphatic rings. The maximum atomic E-state index is 13.0. The first-order valence-electron chi connectivity index (χ1n) is 26.1. The maximum Gasteiger partial charge on any atom is 0.305 e. The summed E-state index contributed by atoms with van der Waals surface area (Å²) in [5.41, 5.74) is 0. The summed E-state index contributed by atoms with van der Waals surface area (Å²) in [4.78, 5) is 25.0. The van der Waals surface area contributed by atoms with Gasteiger partial charge in [0, 0.05) is 12.8 Å². The van der Waals surface area contributed by atoms with E-state index >= 15 is 0 Å². The second-order valence-electron chi connectivity index (χ2n) is 18.2. The Morgan fingerprint density at radius 3 is 1.56 bits per heavy atom. The Hall–Kier alpha value is -1.86. The minimum Gasteiger partial charge on any atom is -0.466 e. The molecular formula is C52H97NO10. The highest BCUT2D eigenvalue weighted by molar-refractivity contribution is 5.76. The Morgan fingerprint density at radius 2 is 1.02 bits per heavy atom. The van der Waals surface area contributed by atoms with Crippen LogP contribution in [0.4, 0.5) is 0 Å². The topological polar surface area (TPSA) is 175 Å². The lowest BCUT2D eigenvalue weighted by Crippen LogP contribution is -2.60. The van der Waals surface area contributed by atoms with E-state index in [0.29, 0.717) is 19.4 Å². The monoisotopic (exact) mass is 896 g/mol. The highest BCUT2D eigenvalue weighted by Crippen LogP contribution is 2.23. The van der Waals surface area contributed by atoms with E-state index in [-0.39, 0.29) is 18.5 Å². The second kappa shape index (κ2) is 42.8. The van der Waals surface area contributed by atoms with Crippen molar-refractivity contribution in [2.24, 2.45) is 0 Å². The summed E-state index contributed by atoms with van der Waals surface area (Å²) in [5.74, 6) is -0.229. The number of allylic oxidation sites excluding steroid dienone is 3. The lowest BCUT2D eigenvalue weighted by Gasteiger charge is -2.40. The number of nitrogens with one attached hydrogen (secondary N) is 1. The predicted octanol–water partition coefficient (Wildman–Crippen LogP) is 10.6. The van der Waals surface area contributed by atoms with Crippen molar-refractivity contribution in [3.05, 3.63) is 24.3 Å². The zero-order valence-corrected chi connectivity index (χ0v) is 40.3. The van der Waals surface area contributed by atoms with Gasteiger partial charge in [0.15, 0.2) is 6.29 Å². The van der Waals surface area contributed by atoms with Gasteiger partial charge in [0.2, 0.25) is 5.91 Å².